The molecule has 1 unspecified atom stereocenters. The molecule has 0 saturated carbocycles. The first kappa shape index (κ1) is 14.9. The van der Waals surface area contributed by atoms with Crippen LogP contribution in [-0.4, -0.2) is 36.9 Å². The fourth-order valence-corrected chi connectivity index (χ4v) is 3.18. The molecule has 18 heavy (non-hydrogen) atoms. The van der Waals surface area contributed by atoms with Gasteiger partial charge in [-0.3, -0.25) is 4.79 Å². The summed E-state index contributed by atoms with van der Waals surface area (Å²) >= 11 is 5.77. The number of carboxylic acids is 1. The van der Waals surface area contributed by atoms with Crippen LogP contribution in [-0.2, 0) is 14.8 Å². The lowest BCUT2D eigenvalue weighted by molar-refractivity contribution is -0.140. The molecule has 1 rings (SSSR count). The molecule has 0 aromatic heterocycles. The van der Waals surface area contributed by atoms with Crippen LogP contribution in [0.4, 0.5) is 0 Å². The summed E-state index contributed by atoms with van der Waals surface area (Å²) in [6.45, 7) is 2.93. The van der Waals surface area contributed by atoms with E-state index in [0.717, 1.165) is 4.31 Å². The van der Waals surface area contributed by atoms with E-state index in [0.29, 0.717) is 5.56 Å². The number of halogens is 1. The fraction of sp³-hybridized carbons (Fsp3) is 0.364. The fourth-order valence-electron chi connectivity index (χ4n) is 1.37. The molecule has 5 nitrogen and oxygen atoms in total. The first-order valence-corrected chi connectivity index (χ1v) is 6.96. The van der Waals surface area contributed by atoms with Gasteiger partial charge in [0, 0.05) is 12.1 Å². The summed E-state index contributed by atoms with van der Waals surface area (Å²) in [6, 6.07) is 3.33. The zero-order valence-corrected chi connectivity index (χ0v) is 11.8. The first-order chi connectivity index (χ1) is 8.17. The average Bonchev–Trinajstić information content (AvgIpc) is 2.29. The Morgan fingerprint density at radius 3 is 2.50 bits per heavy atom. The second-order valence-electron chi connectivity index (χ2n) is 3.95. The van der Waals surface area contributed by atoms with Crippen molar-refractivity contribution in [2.75, 3.05) is 7.05 Å². The smallest absolute Gasteiger partial charge is 0.321 e. The van der Waals surface area contributed by atoms with Gasteiger partial charge < -0.3 is 5.11 Å². The third kappa shape index (κ3) is 2.82. The molecular formula is C11H14ClNO4S. The molecular weight excluding hydrogens is 278 g/mol. The number of hydrogen-bond donors (Lipinski definition) is 1. The molecule has 0 saturated heterocycles. The highest BCUT2D eigenvalue weighted by atomic mass is 35.5. The van der Waals surface area contributed by atoms with Crippen molar-refractivity contribution in [1.82, 2.24) is 4.31 Å². The van der Waals surface area contributed by atoms with Crippen LogP contribution in [0.15, 0.2) is 23.1 Å². The number of nitrogens with zero attached hydrogens (tertiary/aromatic N) is 1. The predicted molar refractivity (Wildman–Crippen MR) is 68.2 cm³/mol. The molecule has 0 aliphatic carbocycles. The molecule has 0 aliphatic heterocycles. The van der Waals surface area contributed by atoms with Crippen LogP contribution in [0.5, 0.6) is 0 Å². The minimum atomic E-state index is -3.87. The number of aryl methyl sites for hydroxylation is 1. The molecule has 0 radical (unpaired) electrons. The Bertz CT molecular complexity index is 570. The monoisotopic (exact) mass is 291 g/mol. The van der Waals surface area contributed by atoms with Gasteiger partial charge in [0.1, 0.15) is 6.04 Å². The molecule has 1 aromatic rings. The van der Waals surface area contributed by atoms with Crippen molar-refractivity contribution < 1.29 is 18.3 Å². The molecule has 1 aromatic carbocycles. The summed E-state index contributed by atoms with van der Waals surface area (Å²) in [4.78, 5) is 10.9. The Morgan fingerprint density at radius 2 is 2.00 bits per heavy atom. The van der Waals surface area contributed by atoms with Crippen LogP contribution in [0.2, 0.25) is 5.02 Å². The van der Waals surface area contributed by atoms with E-state index < -0.39 is 22.0 Å². The quantitative estimate of drug-likeness (QED) is 0.917. The molecule has 0 heterocycles. The molecule has 7 heteroatoms. The number of sulfonamides is 1. The van der Waals surface area contributed by atoms with Gasteiger partial charge in [-0.25, -0.2) is 8.42 Å². The SMILES string of the molecule is Cc1ccc(Cl)cc1S(=O)(=O)N(C)C(C)C(=O)O. The lowest BCUT2D eigenvalue weighted by Gasteiger charge is -2.22. The molecule has 1 atom stereocenters. The van der Waals surface area contributed by atoms with E-state index in [9.17, 15) is 13.2 Å². The topological polar surface area (TPSA) is 74.7 Å². The molecule has 100 valence electrons. The molecule has 0 fully saturated rings. The van der Waals surface area contributed by atoms with E-state index in [4.69, 9.17) is 16.7 Å². The maximum Gasteiger partial charge on any atom is 0.321 e. The lowest BCUT2D eigenvalue weighted by Crippen LogP contribution is -2.40. The van der Waals surface area contributed by atoms with E-state index in [-0.39, 0.29) is 9.92 Å². The average molecular weight is 292 g/mol. The van der Waals surface area contributed by atoms with Crippen molar-refractivity contribution >= 4 is 27.6 Å². The summed E-state index contributed by atoms with van der Waals surface area (Å²) < 4.78 is 25.3. The zero-order valence-electron chi connectivity index (χ0n) is 10.2. The first-order valence-electron chi connectivity index (χ1n) is 5.15. The predicted octanol–water partition coefficient (Wildman–Crippen LogP) is 1.74. The van der Waals surface area contributed by atoms with Crippen molar-refractivity contribution in [1.29, 1.82) is 0 Å². The number of aliphatic carboxylic acids is 1. The van der Waals surface area contributed by atoms with Gasteiger partial charge in [0.2, 0.25) is 10.0 Å². The van der Waals surface area contributed by atoms with Crippen molar-refractivity contribution in [2.45, 2.75) is 24.8 Å². The number of hydrogen-bond acceptors (Lipinski definition) is 3. The van der Waals surface area contributed by atoms with Crippen LogP contribution < -0.4 is 0 Å². The van der Waals surface area contributed by atoms with Crippen molar-refractivity contribution in [3.8, 4) is 0 Å². The highest BCUT2D eigenvalue weighted by Gasteiger charge is 2.30. The summed E-state index contributed by atoms with van der Waals surface area (Å²) in [7, 11) is -2.64. The van der Waals surface area contributed by atoms with Gasteiger partial charge in [0.15, 0.2) is 0 Å². The third-order valence-electron chi connectivity index (χ3n) is 2.71. The van der Waals surface area contributed by atoms with Gasteiger partial charge in [-0.05, 0) is 31.5 Å². The Kier molecular flexibility index (Phi) is 4.37. The number of likely N-dealkylation sites (N-methyl/N-ethyl adjacent to an activating group) is 1. The van der Waals surface area contributed by atoms with Crippen LogP contribution >= 0.6 is 11.6 Å². The molecule has 0 spiro atoms. The summed E-state index contributed by atoms with van der Waals surface area (Å²) in [6.07, 6.45) is 0. The van der Waals surface area contributed by atoms with Crippen LogP contribution in [0.25, 0.3) is 0 Å². The Balaban J connectivity index is 3.29. The second-order valence-corrected chi connectivity index (χ2v) is 6.35. The molecule has 0 aliphatic rings. The van der Waals surface area contributed by atoms with E-state index in [1.165, 1.54) is 20.0 Å². The van der Waals surface area contributed by atoms with Crippen LogP contribution in [0, 0.1) is 6.92 Å². The van der Waals surface area contributed by atoms with Crippen molar-refractivity contribution in [3.63, 3.8) is 0 Å². The van der Waals surface area contributed by atoms with Crippen LogP contribution in [0.3, 0.4) is 0 Å². The molecule has 0 bridgehead atoms. The maximum atomic E-state index is 12.3. The van der Waals surface area contributed by atoms with Crippen LogP contribution in [0.1, 0.15) is 12.5 Å². The number of carbonyl (C=O) groups is 1. The lowest BCUT2D eigenvalue weighted by atomic mass is 10.2. The van der Waals surface area contributed by atoms with E-state index in [2.05, 4.69) is 0 Å². The number of benzene rings is 1. The second kappa shape index (κ2) is 5.26. The van der Waals surface area contributed by atoms with Crippen molar-refractivity contribution in [2.24, 2.45) is 0 Å². The van der Waals surface area contributed by atoms with E-state index in [1.54, 1.807) is 19.1 Å². The number of rotatable bonds is 4. The van der Waals surface area contributed by atoms with E-state index >= 15 is 0 Å². The van der Waals surface area contributed by atoms with E-state index in [1.807, 2.05) is 0 Å². The minimum Gasteiger partial charge on any atom is -0.480 e. The van der Waals surface area contributed by atoms with Gasteiger partial charge in [-0.15, -0.1) is 0 Å². The molecule has 1 N–H and O–H groups in total. The Hall–Kier alpha value is -1.11. The van der Waals surface area contributed by atoms with Crippen molar-refractivity contribution in [3.05, 3.63) is 28.8 Å². The van der Waals surface area contributed by atoms with Gasteiger partial charge in [-0.1, -0.05) is 17.7 Å². The largest absolute Gasteiger partial charge is 0.480 e. The highest BCUT2D eigenvalue weighted by Crippen LogP contribution is 2.23. The summed E-state index contributed by atoms with van der Waals surface area (Å²) in [5.41, 5.74) is 0.517. The van der Waals surface area contributed by atoms with Gasteiger partial charge in [0.25, 0.3) is 0 Å². The zero-order chi connectivity index (χ0) is 14.1. The summed E-state index contributed by atoms with van der Waals surface area (Å²) in [5.74, 6) is -1.21. The minimum absolute atomic E-state index is 0.0191. The van der Waals surface area contributed by atoms with Gasteiger partial charge >= 0.3 is 5.97 Å². The third-order valence-corrected chi connectivity index (χ3v) is 5.02. The maximum absolute atomic E-state index is 12.3. The van der Waals surface area contributed by atoms with Gasteiger partial charge in [0.05, 0.1) is 4.90 Å². The van der Waals surface area contributed by atoms with Gasteiger partial charge in [-0.2, -0.15) is 4.31 Å². The Morgan fingerprint density at radius 1 is 1.44 bits per heavy atom. The standard InChI is InChI=1S/C11H14ClNO4S/c1-7-4-5-9(12)6-10(7)18(16,17)13(3)8(2)11(14)15/h4-6,8H,1-3H3,(H,14,15). The Labute approximate surface area is 111 Å². The highest BCUT2D eigenvalue weighted by molar-refractivity contribution is 7.89. The summed E-state index contributed by atoms with van der Waals surface area (Å²) in [5, 5.41) is 9.14. The molecule has 0 amide bonds. The number of carboxylic acid groups (broad SMARTS) is 1. The normalized spacial score (nSPS) is 13.6.